The molecule has 2 N–H and O–H groups in total. The molecule has 6 nitrogen and oxygen atoms in total. The van der Waals surface area contributed by atoms with Gasteiger partial charge >= 0.3 is 17.9 Å². The summed E-state index contributed by atoms with van der Waals surface area (Å²) in [6.45, 7) is 3.71. The fraction of sp³-hybridized carbons (Fsp3) is 0.667. The second-order valence-electron chi connectivity index (χ2n) is 4.86. The average molecular weight is 300 g/mol. The predicted octanol–water partition coefficient (Wildman–Crippen LogP) is 2.62. The summed E-state index contributed by atoms with van der Waals surface area (Å²) in [5, 5.41) is 17.4. The van der Waals surface area contributed by atoms with Crippen LogP contribution in [0.2, 0.25) is 0 Å². The molecular weight excluding hydrogens is 276 g/mol. The summed E-state index contributed by atoms with van der Waals surface area (Å²) in [7, 11) is 0. The number of hydrogen-bond acceptors (Lipinski definition) is 4. The van der Waals surface area contributed by atoms with Crippen LogP contribution in [0.25, 0.3) is 0 Å². The largest absolute Gasteiger partial charge is 0.481 e. The highest BCUT2D eigenvalue weighted by atomic mass is 16.5. The van der Waals surface area contributed by atoms with Crippen molar-refractivity contribution in [3.05, 3.63) is 12.7 Å². The molecule has 0 bridgehead atoms. The van der Waals surface area contributed by atoms with Gasteiger partial charge in [-0.05, 0) is 12.8 Å². The van der Waals surface area contributed by atoms with Crippen molar-refractivity contribution < 1.29 is 29.3 Å². The number of ether oxygens (including phenoxy) is 1. The molecule has 0 spiro atoms. The summed E-state index contributed by atoms with van der Waals surface area (Å²) in [4.78, 5) is 32.1. The first-order chi connectivity index (χ1) is 9.99. The van der Waals surface area contributed by atoms with E-state index in [0.717, 1.165) is 44.6 Å². The van der Waals surface area contributed by atoms with Gasteiger partial charge in [-0.15, -0.1) is 0 Å². The maximum atomic E-state index is 10.7. The molecule has 0 rings (SSSR count). The van der Waals surface area contributed by atoms with E-state index < -0.39 is 23.8 Å². The van der Waals surface area contributed by atoms with Crippen LogP contribution in [0.1, 0.15) is 51.4 Å². The Morgan fingerprint density at radius 1 is 0.905 bits per heavy atom. The minimum Gasteiger partial charge on any atom is -0.481 e. The third-order valence-electron chi connectivity index (χ3n) is 3.14. The molecule has 0 aliphatic carbocycles. The minimum absolute atomic E-state index is 0.183. The van der Waals surface area contributed by atoms with E-state index in [4.69, 9.17) is 14.9 Å². The third kappa shape index (κ3) is 10.6. The Labute approximate surface area is 124 Å². The second kappa shape index (κ2) is 11.9. The maximum Gasteiger partial charge on any atom is 0.330 e. The summed E-state index contributed by atoms with van der Waals surface area (Å²) in [5.41, 5.74) is 0. The Morgan fingerprint density at radius 2 is 1.38 bits per heavy atom. The minimum atomic E-state index is -1.29. The van der Waals surface area contributed by atoms with Crippen molar-refractivity contribution in [2.75, 3.05) is 6.61 Å². The summed E-state index contributed by atoms with van der Waals surface area (Å²) in [5.74, 6) is -4.22. The SMILES string of the molecule is C=CC(=O)OCCCCCCCCCC(C(=O)O)C(=O)O. The molecule has 0 aromatic carbocycles. The lowest BCUT2D eigenvalue weighted by molar-refractivity contribution is -0.154. The molecule has 0 radical (unpaired) electrons. The fourth-order valence-electron chi connectivity index (χ4n) is 1.92. The molecular formula is C15H24O6. The standard InChI is InChI=1S/C15H24O6/c1-2-13(16)21-11-9-7-5-3-4-6-8-10-12(14(17)18)15(19)20/h2,12H,1,3-11H2,(H,17,18)(H,19,20). The Bertz CT molecular complexity index is 336. The Morgan fingerprint density at radius 3 is 1.86 bits per heavy atom. The molecule has 6 heteroatoms. The molecule has 0 aromatic rings. The first-order valence-corrected chi connectivity index (χ1v) is 7.23. The number of carboxylic acids is 2. The third-order valence-corrected chi connectivity index (χ3v) is 3.14. The van der Waals surface area contributed by atoms with E-state index in [1.54, 1.807) is 0 Å². The summed E-state index contributed by atoms with van der Waals surface area (Å²) >= 11 is 0. The van der Waals surface area contributed by atoms with Crippen molar-refractivity contribution in [2.24, 2.45) is 5.92 Å². The molecule has 0 heterocycles. The van der Waals surface area contributed by atoms with E-state index in [9.17, 15) is 14.4 Å². The summed E-state index contributed by atoms with van der Waals surface area (Å²) < 4.78 is 4.84. The number of aliphatic carboxylic acids is 2. The number of carboxylic acid groups (broad SMARTS) is 2. The monoisotopic (exact) mass is 300 g/mol. The number of unbranched alkanes of at least 4 members (excludes halogenated alkanes) is 6. The van der Waals surface area contributed by atoms with Gasteiger partial charge in [0.05, 0.1) is 6.61 Å². The highest BCUT2D eigenvalue weighted by Gasteiger charge is 2.24. The Balaban J connectivity index is 3.40. The zero-order valence-electron chi connectivity index (χ0n) is 12.3. The van der Waals surface area contributed by atoms with Gasteiger partial charge in [0.25, 0.3) is 0 Å². The molecule has 0 saturated heterocycles. The lowest BCUT2D eigenvalue weighted by Gasteiger charge is -2.07. The van der Waals surface area contributed by atoms with Gasteiger partial charge in [0.1, 0.15) is 0 Å². The van der Waals surface area contributed by atoms with E-state index in [0.29, 0.717) is 13.0 Å². The van der Waals surface area contributed by atoms with Crippen LogP contribution in [-0.4, -0.2) is 34.7 Å². The highest BCUT2D eigenvalue weighted by molar-refractivity contribution is 5.92. The van der Waals surface area contributed by atoms with Crippen LogP contribution in [-0.2, 0) is 19.1 Å². The first kappa shape index (κ1) is 19.1. The smallest absolute Gasteiger partial charge is 0.330 e. The Hall–Kier alpha value is -1.85. The van der Waals surface area contributed by atoms with Gasteiger partial charge < -0.3 is 14.9 Å². The lowest BCUT2D eigenvalue weighted by atomic mass is 10.0. The lowest BCUT2D eigenvalue weighted by Crippen LogP contribution is -2.23. The van der Waals surface area contributed by atoms with Crippen LogP contribution in [0.5, 0.6) is 0 Å². The number of hydrogen-bond donors (Lipinski definition) is 2. The first-order valence-electron chi connectivity index (χ1n) is 7.23. The van der Waals surface area contributed by atoms with Gasteiger partial charge in [-0.1, -0.05) is 45.1 Å². The summed E-state index contributed by atoms with van der Waals surface area (Å²) in [6, 6.07) is 0. The molecule has 0 amide bonds. The van der Waals surface area contributed by atoms with Gasteiger partial charge in [0.2, 0.25) is 0 Å². The van der Waals surface area contributed by atoms with Crippen LogP contribution in [0, 0.1) is 5.92 Å². The molecule has 0 aliphatic heterocycles. The topological polar surface area (TPSA) is 101 Å². The van der Waals surface area contributed by atoms with Crippen LogP contribution in [0.3, 0.4) is 0 Å². The molecule has 0 atom stereocenters. The fourth-order valence-corrected chi connectivity index (χ4v) is 1.92. The van der Waals surface area contributed by atoms with Crippen LogP contribution in [0.15, 0.2) is 12.7 Å². The Kier molecular flexibility index (Phi) is 10.9. The van der Waals surface area contributed by atoms with E-state index in [2.05, 4.69) is 6.58 Å². The van der Waals surface area contributed by atoms with Crippen molar-refractivity contribution in [3.63, 3.8) is 0 Å². The molecule has 0 saturated carbocycles. The van der Waals surface area contributed by atoms with E-state index >= 15 is 0 Å². The molecule has 0 aromatic heterocycles. The van der Waals surface area contributed by atoms with Gasteiger partial charge in [0.15, 0.2) is 5.92 Å². The quantitative estimate of drug-likeness (QED) is 0.235. The zero-order chi connectivity index (χ0) is 16.1. The van der Waals surface area contributed by atoms with Crippen LogP contribution < -0.4 is 0 Å². The van der Waals surface area contributed by atoms with Crippen LogP contribution in [0.4, 0.5) is 0 Å². The number of carbonyl (C=O) groups is 3. The zero-order valence-corrected chi connectivity index (χ0v) is 12.3. The number of carbonyl (C=O) groups excluding carboxylic acids is 1. The molecule has 120 valence electrons. The average Bonchev–Trinajstić information content (AvgIpc) is 2.43. The maximum absolute atomic E-state index is 10.7. The predicted molar refractivity (Wildman–Crippen MR) is 76.9 cm³/mol. The van der Waals surface area contributed by atoms with Crippen molar-refractivity contribution in [1.82, 2.24) is 0 Å². The van der Waals surface area contributed by atoms with E-state index in [1.165, 1.54) is 0 Å². The van der Waals surface area contributed by atoms with Gasteiger partial charge in [0, 0.05) is 6.08 Å². The van der Waals surface area contributed by atoms with Crippen molar-refractivity contribution in [3.8, 4) is 0 Å². The van der Waals surface area contributed by atoms with Gasteiger partial charge in [-0.2, -0.15) is 0 Å². The van der Waals surface area contributed by atoms with Crippen LogP contribution >= 0.6 is 0 Å². The second-order valence-corrected chi connectivity index (χ2v) is 4.86. The molecule has 0 unspecified atom stereocenters. The molecule has 0 aliphatic rings. The van der Waals surface area contributed by atoms with Crippen molar-refractivity contribution in [1.29, 1.82) is 0 Å². The number of esters is 1. The number of rotatable bonds is 13. The van der Waals surface area contributed by atoms with Crippen molar-refractivity contribution >= 4 is 17.9 Å². The van der Waals surface area contributed by atoms with E-state index in [-0.39, 0.29) is 6.42 Å². The van der Waals surface area contributed by atoms with E-state index in [1.807, 2.05) is 0 Å². The normalized spacial score (nSPS) is 10.3. The molecule has 0 fully saturated rings. The van der Waals surface area contributed by atoms with Gasteiger partial charge in [-0.25, -0.2) is 4.79 Å². The van der Waals surface area contributed by atoms with Crippen molar-refractivity contribution in [2.45, 2.75) is 51.4 Å². The van der Waals surface area contributed by atoms with Gasteiger partial charge in [-0.3, -0.25) is 9.59 Å². The summed E-state index contributed by atoms with van der Waals surface area (Å²) in [6.07, 6.45) is 7.55. The highest BCUT2D eigenvalue weighted by Crippen LogP contribution is 2.13. The molecule has 21 heavy (non-hydrogen) atoms.